The summed E-state index contributed by atoms with van der Waals surface area (Å²) >= 11 is 0. The largest absolute Gasteiger partial charge is 0.383 e. The fourth-order valence-electron chi connectivity index (χ4n) is 2.17. The lowest BCUT2D eigenvalue weighted by Gasteiger charge is -2.23. The minimum Gasteiger partial charge on any atom is -0.383 e. The maximum atomic E-state index is 11.1. The van der Waals surface area contributed by atoms with Gasteiger partial charge in [0, 0.05) is 26.2 Å². The second kappa shape index (κ2) is 7.85. The van der Waals surface area contributed by atoms with Crippen molar-refractivity contribution in [2.45, 2.75) is 33.7 Å². The molecule has 112 valence electrons. The van der Waals surface area contributed by atoms with E-state index in [0.717, 1.165) is 31.6 Å². The van der Waals surface area contributed by atoms with Crippen LogP contribution in [-0.4, -0.2) is 30.0 Å². The quantitative estimate of drug-likeness (QED) is 0.584. The van der Waals surface area contributed by atoms with E-state index in [1.165, 1.54) is 0 Å². The first-order chi connectivity index (χ1) is 9.51. The molecule has 0 fully saturated rings. The Kier molecular flexibility index (Phi) is 6.45. The minimum absolute atomic E-state index is 0.143. The SMILES string of the molecule is CCC(C)CN(CC)Cc1ccc(NC)c([N+](=O)[O-])c1. The van der Waals surface area contributed by atoms with Crippen molar-refractivity contribution in [3.63, 3.8) is 0 Å². The third-order valence-corrected chi connectivity index (χ3v) is 3.65. The highest BCUT2D eigenvalue weighted by Crippen LogP contribution is 2.25. The van der Waals surface area contributed by atoms with Gasteiger partial charge in [-0.15, -0.1) is 0 Å². The van der Waals surface area contributed by atoms with Crippen LogP contribution in [0.2, 0.25) is 0 Å². The molecule has 20 heavy (non-hydrogen) atoms. The van der Waals surface area contributed by atoms with E-state index in [4.69, 9.17) is 0 Å². The van der Waals surface area contributed by atoms with E-state index in [1.54, 1.807) is 19.2 Å². The second-order valence-electron chi connectivity index (χ2n) is 5.20. The minimum atomic E-state index is -0.333. The molecule has 0 amide bonds. The molecule has 0 spiro atoms. The summed E-state index contributed by atoms with van der Waals surface area (Å²) in [6.07, 6.45) is 1.15. The molecule has 5 nitrogen and oxygen atoms in total. The number of hydrogen-bond donors (Lipinski definition) is 1. The Bertz CT molecular complexity index is 449. The van der Waals surface area contributed by atoms with Gasteiger partial charge in [0.1, 0.15) is 5.69 Å². The van der Waals surface area contributed by atoms with Crippen LogP contribution < -0.4 is 5.32 Å². The van der Waals surface area contributed by atoms with Gasteiger partial charge in [0.25, 0.3) is 5.69 Å². The number of nitro benzene ring substituents is 1. The van der Waals surface area contributed by atoms with E-state index in [1.807, 2.05) is 6.07 Å². The molecule has 5 heteroatoms. The predicted molar refractivity (Wildman–Crippen MR) is 83.0 cm³/mol. The molecule has 0 saturated carbocycles. The van der Waals surface area contributed by atoms with Crippen LogP contribution in [-0.2, 0) is 6.54 Å². The molecule has 0 saturated heterocycles. The number of anilines is 1. The number of hydrogen-bond acceptors (Lipinski definition) is 4. The van der Waals surface area contributed by atoms with Crippen LogP contribution in [0.4, 0.5) is 11.4 Å². The number of benzene rings is 1. The molecular weight excluding hydrogens is 254 g/mol. The smallest absolute Gasteiger partial charge is 0.292 e. The molecule has 0 aliphatic rings. The summed E-state index contributed by atoms with van der Waals surface area (Å²) in [5, 5.41) is 13.9. The van der Waals surface area contributed by atoms with Crippen molar-refractivity contribution in [3.05, 3.63) is 33.9 Å². The standard InChI is InChI=1S/C15H25N3O2/c1-5-12(3)10-17(6-2)11-13-7-8-14(16-4)15(9-13)18(19)20/h7-9,12,16H,5-6,10-11H2,1-4H3. The summed E-state index contributed by atoms with van der Waals surface area (Å²) in [4.78, 5) is 13.1. The fourth-order valence-corrected chi connectivity index (χ4v) is 2.17. The molecule has 1 rings (SSSR count). The number of rotatable bonds is 8. The summed E-state index contributed by atoms with van der Waals surface area (Å²) in [5.41, 5.74) is 1.69. The van der Waals surface area contributed by atoms with Crippen molar-refractivity contribution in [3.8, 4) is 0 Å². The maximum absolute atomic E-state index is 11.1. The third-order valence-electron chi connectivity index (χ3n) is 3.65. The molecule has 1 aromatic carbocycles. The zero-order chi connectivity index (χ0) is 15.1. The van der Waals surface area contributed by atoms with Crippen LogP contribution in [0.15, 0.2) is 18.2 Å². The summed E-state index contributed by atoms with van der Waals surface area (Å²) in [7, 11) is 1.70. The van der Waals surface area contributed by atoms with E-state index < -0.39 is 0 Å². The molecule has 0 bridgehead atoms. The van der Waals surface area contributed by atoms with Gasteiger partial charge in [-0.1, -0.05) is 33.3 Å². The summed E-state index contributed by atoms with van der Waals surface area (Å²) < 4.78 is 0. The van der Waals surface area contributed by atoms with Crippen LogP contribution in [0.1, 0.15) is 32.8 Å². The molecule has 0 aliphatic heterocycles. The van der Waals surface area contributed by atoms with Crippen LogP contribution in [0.5, 0.6) is 0 Å². The Balaban J connectivity index is 2.85. The maximum Gasteiger partial charge on any atom is 0.292 e. The average molecular weight is 279 g/mol. The fraction of sp³-hybridized carbons (Fsp3) is 0.600. The van der Waals surface area contributed by atoms with Crippen molar-refractivity contribution in [2.75, 3.05) is 25.5 Å². The monoisotopic (exact) mass is 279 g/mol. The first kappa shape index (κ1) is 16.4. The van der Waals surface area contributed by atoms with Crippen molar-refractivity contribution >= 4 is 11.4 Å². The van der Waals surface area contributed by atoms with Crippen molar-refractivity contribution in [1.82, 2.24) is 4.90 Å². The number of nitrogens with one attached hydrogen (secondary N) is 1. The van der Waals surface area contributed by atoms with Crippen LogP contribution in [0.25, 0.3) is 0 Å². The highest BCUT2D eigenvalue weighted by Gasteiger charge is 2.15. The molecule has 0 radical (unpaired) electrons. The number of nitro groups is 1. The van der Waals surface area contributed by atoms with Crippen LogP contribution in [0.3, 0.4) is 0 Å². The first-order valence-electron chi connectivity index (χ1n) is 7.19. The molecule has 1 unspecified atom stereocenters. The Morgan fingerprint density at radius 1 is 1.40 bits per heavy atom. The van der Waals surface area contributed by atoms with Crippen LogP contribution >= 0.6 is 0 Å². The predicted octanol–water partition coefficient (Wildman–Crippen LogP) is 3.50. The van der Waals surface area contributed by atoms with Gasteiger partial charge >= 0.3 is 0 Å². The molecule has 1 N–H and O–H groups in total. The van der Waals surface area contributed by atoms with E-state index in [2.05, 4.69) is 31.0 Å². The zero-order valence-electron chi connectivity index (χ0n) is 12.8. The molecule has 1 aromatic rings. The third kappa shape index (κ3) is 4.49. The Morgan fingerprint density at radius 2 is 2.10 bits per heavy atom. The molecule has 1 atom stereocenters. The van der Waals surface area contributed by atoms with Crippen molar-refractivity contribution in [2.24, 2.45) is 5.92 Å². The first-order valence-corrected chi connectivity index (χ1v) is 7.19. The summed E-state index contributed by atoms with van der Waals surface area (Å²) in [6.45, 7) is 9.27. The van der Waals surface area contributed by atoms with Gasteiger partial charge in [-0.2, -0.15) is 0 Å². The van der Waals surface area contributed by atoms with E-state index in [-0.39, 0.29) is 10.6 Å². The van der Waals surface area contributed by atoms with Crippen LogP contribution in [0, 0.1) is 16.0 Å². The topological polar surface area (TPSA) is 58.4 Å². The highest BCUT2D eigenvalue weighted by atomic mass is 16.6. The van der Waals surface area contributed by atoms with Gasteiger partial charge in [0.2, 0.25) is 0 Å². The van der Waals surface area contributed by atoms with Crippen molar-refractivity contribution < 1.29 is 4.92 Å². The lowest BCUT2D eigenvalue weighted by atomic mass is 10.1. The van der Waals surface area contributed by atoms with E-state index in [9.17, 15) is 10.1 Å². The summed E-state index contributed by atoms with van der Waals surface area (Å²) in [5.74, 6) is 0.640. The Hall–Kier alpha value is -1.62. The van der Waals surface area contributed by atoms with Gasteiger partial charge in [-0.05, 0) is 24.1 Å². The van der Waals surface area contributed by atoms with Gasteiger partial charge in [0.05, 0.1) is 4.92 Å². The van der Waals surface area contributed by atoms with Crippen molar-refractivity contribution in [1.29, 1.82) is 0 Å². The molecular formula is C15H25N3O2. The molecule has 0 heterocycles. The highest BCUT2D eigenvalue weighted by molar-refractivity contribution is 5.62. The van der Waals surface area contributed by atoms with Gasteiger partial charge in [-0.25, -0.2) is 0 Å². The second-order valence-corrected chi connectivity index (χ2v) is 5.20. The Morgan fingerprint density at radius 3 is 2.60 bits per heavy atom. The van der Waals surface area contributed by atoms with E-state index >= 15 is 0 Å². The Labute approximate surface area is 121 Å². The zero-order valence-corrected chi connectivity index (χ0v) is 12.8. The lowest BCUT2D eigenvalue weighted by molar-refractivity contribution is -0.384. The number of nitrogens with zero attached hydrogens (tertiary/aromatic N) is 2. The van der Waals surface area contributed by atoms with Gasteiger partial charge < -0.3 is 5.32 Å². The normalized spacial score (nSPS) is 12.4. The summed E-state index contributed by atoms with van der Waals surface area (Å²) in [6, 6.07) is 5.41. The average Bonchev–Trinajstić information content (AvgIpc) is 2.45. The van der Waals surface area contributed by atoms with Gasteiger partial charge in [0.15, 0.2) is 0 Å². The molecule has 0 aliphatic carbocycles. The van der Waals surface area contributed by atoms with Gasteiger partial charge in [-0.3, -0.25) is 15.0 Å². The lowest BCUT2D eigenvalue weighted by Crippen LogP contribution is -2.27. The molecule has 0 aromatic heterocycles. The van der Waals surface area contributed by atoms with E-state index in [0.29, 0.717) is 11.6 Å².